The Morgan fingerprint density at radius 2 is 1.86 bits per heavy atom. The number of nitrogens with zero attached hydrogens (tertiary/aromatic N) is 6. The molecule has 1 N–H and O–H groups in total. The van der Waals surface area contributed by atoms with Crippen molar-refractivity contribution in [2.24, 2.45) is 15.9 Å². The molecular formula is C37H42F3N7O2. The first-order valence-corrected chi connectivity index (χ1v) is 16.8. The average molecular weight is 674 g/mol. The van der Waals surface area contributed by atoms with E-state index in [1.165, 1.54) is 18.3 Å². The number of aryl methyl sites for hydroxylation is 1. The van der Waals surface area contributed by atoms with Gasteiger partial charge in [0.15, 0.2) is 0 Å². The molecule has 9 nitrogen and oxygen atoms in total. The summed E-state index contributed by atoms with van der Waals surface area (Å²) in [6.45, 7) is 10.1. The molecule has 2 fully saturated rings. The predicted molar refractivity (Wildman–Crippen MR) is 185 cm³/mol. The zero-order valence-electron chi connectivity index (χ0n) is 28.2. The Bertz CT molecular complexity index is 1740. The van der Waals surface area contributed by atoms with Crippen molar-refractivity contribution in [2.45, 2.75) is 45.5 Å². The molecule has 12 heteroatoms. The van der Waals surface area contributed by atoms with E-state index in [4.69, 9.17) is 14.7 Å². The van der Waals surface area contributed by atoms with E-state index in [1.54, 1.807) is 13.0 Å². The summed E-state index contributed by atoms with van der Waals surface area (Å²) in [5, 5.41) is 2.63. The largest absolute Gasteiger partial charge is 0.416 e. The number of rotatable bonds is 5. The van der Waals surface area contributed by atoms with E-state index in [-0.39, 0.29) is 35.3 Å². The van der Waals surface area contributed by atoms with Crippen LogP contribution in [0.5, 0.6) is 0 Å². The number of amides is 1. The number of ether oxygens (including phenoxy) is 1. The maximum absolute atomic E-state index is 14.1. The van der Waals surface area contributed by atoms with Crippen LogP contribution in [-0.2, 0) is 17.5 Å². The van der Waals surface area contributed by atoms with Gasteiger partial charge >= 0.3 is 6.18 Å². The summed E-state index contributed by atoms with van der Waals surface area (Å²) in [5.74, 6) is 5.96. The molecule has 1 amide bonds. The second kappa shape index (κ2) is 15.1. The molecule has 2 saturated heterocycles. The number of nitrogens with one attached hydrogen (secondary N) is 1. The monoisotopic (exact) mass is 673 g/mol. The number of likely N-dealkylation sites (N-methyl/N-ethyl adjacent to an activating group) is 1. The number of hydrogen-bond acceptors (Lipinski definition) is 8. The molecule has 49 heavy (non-hydrogen) atoms. The summed E-state index contributed by atoms with van der Waals surface area (Å²) in [5.41, 5.74) is 3.74. The third-order valence-electron chi connectivity index (χ3n) is 9.32. The Hall–Kier alpha value is -4.31. The van der Waals surface area contributed by atoms with Crippen LogP contribution in [0.15, 0.2) is 64.0 Å². The fourth-order valence-electron chi connectivity index (χ4n) is 6.41. The number of hydrogen-bond donors (Lipinski definition) is 1. The summed E-state index contributed by atoms with van der Waals surface area (Å²) < 4.78 is 47.8. The van der Waals surface area contributed by atoms with Crippen LogP contribution < -0.4 is 5.32 Å². The van der Waals surface area contributed by atoms with Gasteiger partial charge in [0.1, 0.15) is 0 Å². The average Bonchev–Trinajstić information content (AvgIpc) is 3.36. The molecule has 4 aliphatic rings. The van der Waals surface area contributed by atoms with E-state index in [0.717, 1.165) is 55.8 Å². The molecule has 5 heterocycles. The van der Waals surface area contributed by atoms with Crippen molar-refractivity contribution < 1.29 is 22.7 Å². The lowest BCUT2D eigenvalue weighted by atomic mass is 9.95. The van der Waals surface area contributed by atoms with Gasteiger partial charge in [-0.05, 0) is 63.1 Å². The fourth-order valence-corrected chi connectivity index (χ4v) is 6.41. The van der Waals surface area contributed by atoms with Gasteiger partial charge in [-0.2, -0.15) is 13.2 Å². The first kappa shape index (κ1) is 34.5. The third kappa shape index (κ3) is 8.84. The van der Waals surface area contributed by atoms with Crippen LogP contribution in [0.3, 0.4) is 0 Å². The first-order valence-electron chi connectivity index (χ1n) is 16.8. The van der Waals surface area contributed by atoms with E-state index in [9.17, 15) is 18.0 Å². The lowest BCUT2D eigenvalue weighted by molar-refractivity contribution is -0.138. The van der Waals surface area contributed by atoms with Crippen LogP contribution >= 0.6 is 0 Å². The van der Waals surface area contributed by atoms with Gasteiger partial charge in [-0.25, -0.2) is 0 Å². The molecule has 0 bridgehead atoms. The summed E-state index contributed by atoms with van der Waals surface area (Å²) in [4.78, 5) is 33.7. The number of carbonyl (C=O) groups is 1. The zero-order chi connectivity index (χ0) is 34.5. The van der Waals surface area contributed by atoms with Gasteiger partial charge in [0.2, 0.25) is 0 Å². The number of aromatic nitrogens is 1. The number of piperazine rings is 1. The maximum Gasteiger partial charge on any atom is 0.416 e. The number of pyridine rings is 1. The molecular weight excluding hydrogens is 631 g/mol. The molecule has 2 aromatic rings. The first-order chi connectivity index (χ1) is 23.5. The summed E-state index contributed by atoms with van der Waals surface area (Å²) in [6, 6.07) is 5.50. The van der Waals surface area contributed by atoms with Gasteiger partial charge in [0.25, 0.3) is 5.91 Å². The summed E-state index contributed by atoms with van der Waals surface area (Å²) >= 11 is 0. The van der Waals surface area contributed by atoms with Gasteiger partial charge in [0.05, 0.1) is 53.7 Å². The molecule has 0 aliphatic carbocycles. The quantitative estimate of drug-likeness (QED) is 0.441. The summed E-state index contributed by atoms with van der Waals surface area (Å²) in [6.07, 6.45) is 4.56. The number of morpholine rings is 1. The van der Waals surface area contributed by atoms with E-state index < -0.39 is 17.6 Å². The number of alkyl halides is 3. The van der Waals surface area contributed by atoms with Crippen molar-refractivity contribution in [3.05, 3.63) is 82.0 Å². The van der Waals surface area contributed by atoms with E-state index in [0.29, 0.717) is 44.0 Å². The number of carbonyl (C=O) groups excluding carboxylic acids is 1. The Kier molecular flexibility index (Phi) is 10.6. The van der Waals surface area contributed by atoms with E-state index in [2.05, 4.69) is 44.1 Å². The number of anilines is 1. The number of benzene rings is 1. The van der Waals surface area contributed by atoms with Crippen LogP contribution in [0.25, 0.3) is 0 Å². The van der Waals surface area contributed by atoms with Crippen LogP contribution in [0, 0.1) is 24.7 Å². The Balaban J connectivity index is 1.15. The molecule has 6 rings (SSSR count). The van der Waals surface area contributed by atoms with Gasteiger partial charge in [-0.1, -0.05) is 18.1 Å². The third-order valence-corrected chi connectivity index (χ3v) is 9.32. The minimum Gasteiger partial charge on any atom is -0.378 e. The minimum atomic E-state index is -4.56. The molecule has 0 spiro atoms. The molecule has 1 aromatic carbocycles. The topological polar surface area (TPSA) is 85.7 Å². The van der Waals surface area contributed by atoms with Crippen LogP contribution in [0.4, 0.5) is 18.9 Å². The second-order valence-corrected chi connectivity index (χ2v) is 13.0. The number of allylic oxidation sites excluding steroid dienone is 3. The van der Waals surface area contributed by atoms with Gasteiger partial charge in [-0.3, -0.25) is 24.7 Å². The fraction of sp³-hybridized carbons (Fsp3) is 0.459. The molecule has 258 valence electrons. The highest BCUT2D eigenvalue weighted by molar-refractivity contribution is 6.05. The molecule has 1 aromatic heterocycles. The van der Waals surface area contributed by atoms with Crippen LogP contribution in [0.2, 0.25) is 0 Å². The van der Waals surface area contributed by atoms with Gasteiger partial charge in [-0.15, -0.1) is 0 Å². The van der Waals surface area contributed by atoms with Crippen LogP contribution in [-0.4, -0.2) is 103 Å². The molecule has 2 atom stereocenters. The van der Waals surface area contributed by atoms with Crippen molar-refractivity contribution in [3.63, 3.8) is 0 Å². The number of fused-ring (bicyclic) bond motifs is 1. The lowest BCUT2D eigenvalue weighted by Crippen LogP contribution is -2.44. The second-order valence-electron chi connectivity index (χ2n) is 13.0. The Labute approximate surface area is 285 Å². The molecule has 2 unspecified atom stereocenters. The molecule has 0 saturated carbocycles. The van der Waals surface area contributed by atoms with E-state index >= 15 is 0 Å². The van der Waals surface area contributed by atoms with E-state index in [1.807, 2.05) is 25.1 Å². The smallest absolute Gasteiger partial charge is 0.378 e. The number of aliphatic imine (C=N–C) groups is 2. The Morgan fingerprint density at radius 1 is 1.08 bits per heavy atom. The normalized spacial score (nSPS) is 22.1. The highest BCUT2D eigenvalue weighted by Crippen LogP contribution is 2.35. The zero-order valence-corrected chi connectivity index (χ0v) is 28.2. The van der Waals surface area contributed by atoms with Crippen molar-refractivity contribution in [3.8, 4) is 11.8 Å². The van der Waals surface area contributed by atoms with Gasteiger partial charge in [0, 0.05) is 81.3 Å². The lowest BCUT2D eigenvalue weighted by Gasteiger charge is -2.33. The minimum absolute atomic E-state index is 0.0645. The van der Waals surface area contributed by atoms with Crippen LogP contribution in [0.1, 0.15) is 52.5 Å². The Morgan fingerprint density at radius 3 is 2.61 bits per heavy atom. The summed E-state index contributed by atoms with van der Waals surface area (Å²) in [7, 11) is 2.00. The van der Waals surface area contributed by atoms with Crippen molar-refractivity contribution in [1.29, 1.82) is 0 Å². The van der Waals surface area contributed by atoms with Gasteiger partial charge < -0.3 is 19.9 Å². The molecule has 4 aliphatic heterocycles. The maximum atomic E-state index is 14.1. The van der Waals surface area contributed by atoms with Crippen molar-refractivity contribution >= 4 is 23.5 Å². The highest BCUT2D eigenvalue weighted by Gasteiger charge is 2.34. The van der Waals surface area contributed by atoms with Crippen molar-refractivity contribution in [1.82, 2.24) is 19.7 Å². The SMILES string of the molecule is Cc1ncc(C(=O)Nc2ccc(CN3CCN(C)CC3)c(C(F)(F)F)c2)cc1C#CC1=NC(C)C=C2N=CC(N3CCOCC3)=CCC2C1. The number of halogens is 3. The van der Waals surface area contributed by atoms with Crippen molar-refractivity contribution in [2.75, 3.05) is 64.8 Å². The molecule has 0 radical (unpaired) electrons. The highest BCUT2D eigenvalue weighted by atomic mass is 19.4. The standard InChI is InChI=1S/C37H42F3N7O2/c1-25-18-35-28(6-9-33(23-42-35)47-14-16-49-17-15-47)20-31(43-25)7-4-27-19-30(22-41-26(27)2)36(48)44-32-8-5-29(34(21-32)37(38,39)40)24-46-12-10-45(3)11-13-46/h5,8-9,18-19,21-23,25,28H,6,10-17,20,24H2,1-3H3,(H,44,48). The predicted octanol–water partition coefficient (Wildman–Crippen LogP) is 5.18.